The molecule has 1 heteroatoms. The van der Waals surface area contributed by atoms with Crippen molar-refractivity contribution in [2.45, 2.75) is 0 Å². The zero-order valence-electron chi connectivity index (χ0n) is 27.8. The van der Waals surface area contributed by atoms with Gasteiger partial charge >= 0.3 is 0 Å². The molecule has 0 aliphatic rings. The molecule has 0 amide bonds. The molecule has 0 N–H and O–H groups in total. The van der Waals surface area contributed by atoms with E-state index in [1.165, 1.54) is 10.9 Å². The smallest absolute Gasteiger partial charge is 0.0629 e. The van der Waals surface area contributed by atoms with E-state index < -0.39 is 0 Å². The predicted molar refractivity (Wildman–Crippen MR) is 202 cm³/mol. The van der Waals surface area contributed by atoms with E-state index in [1.807, 2.05) is 78.9 Å². The molecule has 0 aliphatic heterocycles. The maximum absolute atomic E-state index is 9.28. The van der Waals surface area contributed by atoms with Crippen molar-refractivity contribution in [1.82, 2.24) is 0 Å². The SMILES string of the molecule is [2H]/C(=C(/[2H])c1ccc2c(-c3ccccc3)c3ccccc3c(-c3ccccc3)c2c1)c1ccc(N(c2ccccc2)c2ccccc2)cc1. The fourth-order valence-electron chi connectivity index (χ4n) is 6.53. The van der Waals surface area contributed by atoms with Crippen molar-refractivity contribution >= 4 is 50.7 Å². The van der Waals surface area contributed by atoms with E-state index in [0.717, 1.165) is 49.9 Å². The van der Waals surface area contributed by atoms with Gasteiger partial charge in [0.25, 0.3) is 0 Å². The van der Waals surface area contributed by atoms with Gasteiger partial charge in [-0.1, -0.05) is 158 Å². The van der Waals surface area contributed by atoms with Gasteiger partial charge in [-0.05, 0) is 97.4 Å². The molecule has 8 aromatic rings. The van der Waals surface area contributed by atoms with Crippen LogP contribution in [0, 0.1) is 0 Å². The summed E-state index contributed by atoms with van der Waals surface area (Å²) >= 11 is 0. The van der Waals surface area contributed by atoms with Crippen LogP contribution in [0.2, 0.25) is 0 Å². The van der Waals surface area contributed by atoms with E-state index >= 15 is 0 Å². The first-order chi connectivity index (χ1) is 24.2. The number of hydrogen-bond acceptors (Lipinski definition) is 1. The van der Waals surface area contributed by atoms with Gasteiger partial charge in [-0.2, -0.15) is 0 Å². The van der Waals surface area contributed by atoms with Crippen LogP contribution in [0.4, 0.5) is 17.1 Å². The fourth-order valence-corrected chi connectivity index (χ4v) is 6.53. The monoisotopic (exact) mass is 601 g/mol. The predicted octanol–water partition coefficient (Wildman–Crippen LogP) is 13.0. The second kappa shape index (κ2) is 12.7. The van der Waals surface area contributed by atoms with Crippen molar-refractivity contribution in [1.29, 1.82) is 0 Å². The summed E-state index contributed by atoms with van der Waals surface area (Å²) in [5.74, 6) is 0. The van der Waals surface area contributed by atoms with Crippen molar-refractivity contribution in [3.63, 3.8) is 0 Å². The Morgan fingerprint density at radius 1 is 0.340 bits per heavy atom. The van der Waals surface area contributed by atoms with Crippen LogP contribution in [0.25, 0.3) is 55.9 Å². The van der Waals surface area contributed by atoms with E-state index in [0.29, 0.717) is 11.1 Å². The topological polar surface area (TPSA) is 3.24 Å². The van der Waals surface area contributed by atoms with Crippen molar-refractivity contribution in [3.05, 3.63) is 199 Å². The standard InChI is InChI=1S/C46H33N/c1-5-15-36(16-6-1)45-41-23-13-14-24-42(41)46(37-17-7-2-8-18-37)44-33-35(29-32-43(44)45)26-25-34-27-30-40(31-28-34)47(38-19-9-3-10-20-38)39-21-11-4-12-22-39/h1-33H/b26-25+/i25D,26D. The minimum Gasteiger partial charge on any atom is -0.311 e. The zero-order chi connectivity index (χ0) is 33.2. The summed E-state index contributed by atoms with van der Waals surface area (Å²) < 4.78 is 18.5. The Bertz CT molecular complexity index is 2380. The second-order valence-corrected chi connectivity index (χ2v) is 11.6. The summed E-state index contributed by atoms with van der Waals surface area (Å²) in [4.78, 5) is 2.20. The molecule has 0 saturated carbocycles. The van der Waals surface area contributed by atoms with Crippen molar-refractivity contribution in [2.75, 3.05) is 4.90 Å². The summed E-state index contributed by atoms with van der Waals surface area (Å²) in [6, 6.07) is 64.7. The van der Waals surface area contributed by atoms with E-state index in [4.69, 9.17) is 0 Å². The number of para-hydroxylation sites is 2. The van der Waals surface area contributed by atoms with Crippen LogP contribution in [-0.4, -0.2) is 0 Å². The van der Waals surface area contributed by atoms with Gasteiger partial charge in [-0.15, -0.1) is 0 Å². The summed E-state index contributed by atoms with van der Waals surface area (Å²) in [7, 11) is 0. The van der Waals surface area contributed by atoms with Crippen molar-refractivity contribution < 1.29 is 2.74 Å². The highest BCUT2D eigenvalue weighted by atomic mass is 15.1. The molecule has 0 aromatic heterocycles. The Labute approximate surface area is 279 Å². The molecular weight excluding hydrogens is 567 g/mol. The van der Waals surface area contributed by atoms with Crippen molar-refractivity contribution in [3.8, 4) is 22.3 Å². The highest BCUT2D eigenvalue weighted by molar-refractivity contribution is 6.21. The van der Waals surface area contributed by atoms with E-state index in [1.54, 1.807) is 0 Å². The number of benzene rings is 8. The highest BCUT2D eigenvalue weighted by Crippen LogP contribution is 2.44. The first-order valence-corrected chi connectivity index (χ1v) is 16.0. The van der Waals surface area contributed by atoms with Gasteiger partial charge in [0.05, 0.1) is 2.74 Å². The molecule has 0 aliphatic carbocycles. The molecule has 0 spiro atoms. The lowest BCUT2D eigenvalue weighted by Crippen LogP contribution is -2.09. The molecule has 0 saturated heterocycles. The van der Waals surface area contributed by atoms with Gasteiger partial charge in [0.1, 0.15) is 0 Å². The Morgan fingerprint density at radius 2 is 0.723 bits per heavy atom. The third-order valence-corrected chi connectivity index (χ3v) is 8.65. The third kappa shape index (κ3) is 5.60. The summed E-state index contributed by atoms with van der Waals surface area (Å²) in [6.07, 6.45) is 0. The molecule has 0 unspecified atom stereocenters. The first-order valence-electron chi connectivity index (χ1n) is 17.0. The van der Waals surface area contributed by atoms with Crippen LogP contribution in [0.5, 0.6) is 0 Å². The largest absolute Gasteiger partial charge is 0.311 e. The minimum absolute atomic E-state index is 0.183. The quantitative estimate of drug-likeness (QED) is 0.130. The number of hydrogen-bond donors (Lipinski definition) is 0. The number of nitrogens with zero attached hydrogens (tertiary/aromatic N) is 1. The Hall–Kier alpha value is -6.18. The average Bonchev–Trinajstić information content (AvgIpc) is 3.18. The lowest BCUT2D eigenvalue weighted by atomic mass is 9.85. The summed E-state index contributed by atoms with van der Waals surface area (Å²) in [5, 5.41) is 4.54. The van der Waals surface area contributed by atoms with Gasteiger partial charge in [-0.3, -0.25) is 0 Å². The summed E-state index contributed by atoms with van der Waals surface area (Å²) in [6.45, 7) is 0. The molecule has 47 heavy (non-hydrogen) atoms. The summed E-state index contributed by atoms with van der Waals surface area (Å²) in [5.41, 5.74) is 9.09. The first kappa shape index (κ1) is 26.1. The average molecular weight is 602 g/mol. The van der Waals surface area contributed by atoms with Gasteiger partial charge in [-0.25, -0.2) is 0 Å². The Morgan fingerprint density at radius 3 is 1.26 bits per heavy atom. The molecule has 0 fully saturated rings. The molecule has 8 rings (SSSR count). The minimum atomic E-state index is 0.183. The lowest BCUT2D eigenvalue weighted by molar-refractivity contribution is 1.28. The van der Waals surface area contributed by atoms with Crippen LogP contribution >= 0.6 is 0 Å². The van der Waals surface area contributed by atoms with Gasteiger partial charge in [0.15, 0.2) is 0 Å². The molecule has 222 valence electrons. The number of rotatable bonds is 7. The molecule has 0 atom stereocenters. The van der Waals surface area contributed by atoms with Crippen LogP contribution in [0.15, 0.2) is 188 Å². The van der Waals surface area contributed by atoms with Gasteiger partial charge in [0.2, 0.25) is 0 Å². The molecule has 0 heterocycles. The van der Waals surface area contributed by atoms with E-state index in [9.17, 15) is 2.74 Å². The van der Waals surface area contributed by atoms with Gasteiger partial charge in [0, 0.05) is 17.1 Å². The lowest BCUT2D eigenvalue weighted by Gasteiger charge is -2.25. The molecular formula is C46H33N. The number of fused-ring (bicyclic) bond motifs is 2. The maximum Gasteiger partial charge on any atom is 0.0629 e. The van der Waals surface area contributed by atoms with E-state index in [-0.39, 0.29) is 12.1 Å². The van der Waals surface area contributed by atoms with Crippen LogP contribution in [0.3, 0.4) is 0 Å². The van der Waals surface area contributed by atoms with Crippen molar-refractivity contribution in [2.24, 2.45) is 0 Å². The maximum atomic E-state index is 9.28. The van der Waals surface area contributed by atoms with E-state index in [2.05, 4.69) is 114 Å². The van der Waals surface area contributed by atoms with Crippen LogP contribution < -0.4 is 4.90 Å². The molecule has 0 radical (unpaired) electrons. The van der Waals surface area contributed by atoms with Crippen LogP contribution in [-0.2, 0) is 0 Å². The van der Waals surface area contributed by atoms with Gasteiger partial charge < -0.3 is 4.90 Å². The highest BCUT2D eigenvalue weighted by Gasteiger charge is 2.17. The number of anilines is 3. The normalized spacial score (nSPS) is 12.3. The van der Waals surface area contributed by atoms with Crippen LogP contribution in [0.1, 0.15) is 13.9 Å². The Kier molecular flexibility index (Phi) is 7.03. The fraction of sp³-hybridized carbons (Fsp3) is 0. The molecule has 1 nitrogen and oxygen atoms in total. The Balaban J connectivity index is 1.27. The molecule has 0 bridgehead atoms. The second-order valence-electron chi connectivity index (χ2n) is 11.6. The third-order valence-electron chi connectivity index (χ3n) is 8.65. The molecule has 8 aromatic carbocycles. The zero-order valence-corrected chi connectivity index (χ0v) is 25.8.